The molecule has 1 N–H and O–H groups in total. The van der Waals surface area contributed by atoms with Crippen molar-refractivity contribution in [2.45, 2.75) is 19.1 Å². The number of benzene rings is 3. The first kappa shape index (κ1) is 22.6. The summed E-state index contributed by atoms with van der Waals surface area (Å²) in [5.41, 5.74) is 1.77. The van der Waals surface area contributed by atoms with Crippen molar-refractivity contribution in [3.05, 3.63) is 102 Å². The second kappa shape index (κ2) is 11.3. The molecule has 0 aromatic heterocycles. The smallest absolute Gasteiger partial charge is 0.408 e. The third-order valence-electron chi connectivity index (χ3n) is 4.60. The van der Waals surface area contributed by atoms with Crippen LogP contribution >= 0.6 is 0 Å². The minimum absolute atomic E-state index is 0.149. The molecule has 164 valence electrons. The van der Waals surface area contributed by atoms with E-state index >= 15 is 0 Å². The van der Waals surface area contributed by atoms with Gasteiger partial charge in [-0.25, -0.2) is 14.4 Å². The van der Waals surface area contributed by atoms with Crippen molar-refractivity contribution in [1.82, 2.24) is 5.32 Å². The van der Waals surface area contributed by atoms with Crippen LogP contribution < -0.4 is 10.1 Å². The maximum atomic E-state index is 12.3. The molecule has 7 heteroatoms. The van der Waals surface area contributed by atoms with Crippen LogP contribution in [0.1, 0.15) is 21.5 Å². The van der Waals surface area contributed by atoms with E-state index in [1.807, 2.05) is 30.3 Å². The fourth-order valence-electron chi connectivity index (χ4n) is 2.97. The first-order valence-corrected chi connectivity index (χ1v) is 9.97. The highest BCUT2D eigenvalue weighted by molar-refractivity contribution is 5.91. The fraction of sp³-hybridized carbons (Fsp3) is 0.160. The van der Waals surface area contributed by atoms with E-state index in [1.54, 1.807) is 54.6 Å². The predicted octanol–water partition coefficient (Wildman–Crippen LogP) is 3.92. The summed E-state index contributed by atoms with van der Waals surface area (Å²) in [5.74, 6) is -0.818. The quantitative estimate of drug-likeness (QED) is 0.428. The van der Waals surface area contributed by atoms with Crippen LogP contribution in [0.2, 0.25) is 0 Å². The summed E-state index contributed by atoms with van der Waals surface area (Å²) in [4.78, 5) is 36.8. The summed E-state index contributed by atoms with van der Waals surface area (Å²) in [6, 6.07) is 23.7. The molecular formula is C25H23NO6. The first-order valence-electron chi connectivity index (χ1n) is 9.97. The van der Waals surface area contributed by atoms with Gasteiger partial charge in [0, 0.05) is 12.0 Å². The second-order valence-electron chi connectivity index (χ2n) is 6.85. The molecule has 0 saturated carbocycles. The molecule has 0 radical (unpaired) electrons. The normalized spacial score (nSPS) is 11.2. The van der Waals surface area contributed by atoms with Gasteiger partial charge in [-0.3, -0.25) is 0 Å². The molecular weight excluding hydrogens is 410 g/mol. The van der Waals surface area contributed by atoms with E-state index in [2.05, 4.69) is 5.32 Å². The summed E-state index contributed by atoms with van der Waals surface area (Å²) in [6.45, 7) is -0.149. The lowest BCUT2D eigenvalue weighted by Gasteiger charge is -2.17. The maximum Gasteiger partial charge on any atom is 0.408 e. The Labute approximate surface area is 185 Å². The number of rotatable bonds is 8. The number of carbonyl (C=O) groups is 3. The van der Waals surface area contributed by atoms with E-state index in [1.165, 1.54) is 7.11 Å². The molecule has 3 rings (SSSR count). The van der Waals surface area contributed by atoms with Gasteiger partial charge in [-0.2, -0.15) is 0 Å². The zero-order valence-corrected chi connectivity index (χ0v) is 17.5. The minimum Gasteiger partial charge on any atom is -0.467 e. The van der Waals surface area contributed by atoms with Crippen molar-refractivity contribution in [2.75, 3.05) is 7.11 Å². The van der Waals surface area contributed by atoms with Gasteiger partial charge in [-0.15, -0.1) is 0 Å². The molecule has 0 fully saturated rings. The molecule has 0 bridgehead atoms. The number of amides is 1. The fourth-order valence-corrected chi connectivity index (χ4v) is 2.97. The molecule has 3 aromatic rings. The molecule has 1 atom stereocenters. The number of para-hydroxylation sites is 1. The van der Waals surface area contributed by atoms with Crippen molar-refractivity contribution >= 4 is 18.0 Å². The van der Waals surface area contributed by atoms with E-state index in [4.69, 9.17) is 14.2 Å². The average molecular weight is 433 g/mol. The Bertz CT molecular complexity index is 1050. The SMILES string of the molecule is COC(=O)C(Cc1ccccc1)NC(=O)OCc1ccccc1OC(=O)c1ccccc1. The van der Waals surface area contributed by atoms with Gasteiger partial charge in [0.2, 0.25) is 0 Å². The van der Waals surface area contributed by atoms with Crippen LogP contribution in [0, 0.1) is 0 Å². The Morgan fingerprint density at radius 3 is 2.16 bits per heavy atom. The molecule has 0 saturated heterocycles. The second-order valence-corrected chi connectivity index (χ2v) is 6.85. The van der Waals surface area contributed by atoms with Gasteiger partial charge in [0.25, 0.3) is 0 Å². The lowest BCUT2D eigenvalue weighted by atomic mass is 10.1. The lowest BCUT2D eigenvalue weighted by Crippen LogP contribution is -2.43. The number of nitrogens with one attached hydrogen (secondary N) is 1. The highest BCUT2D eigenvalue weighted by atomic mass is 16.6. The Morgan fingerprint density at radius 1 is 0.844 bits per heavy atom. The highest BCUT2D eigenvalue weighted by Crippen LogP contribution is 2.20. The van der Waals surface area contributed by atoms with Crippen LogP contribution in [0.15, 0.2) is 84.9 Å². The molecule has 0 heterocycles. The molecule has 1 unspecified atom stereocenters. The summed E-state index contributed by atoms with van der Waals surface area (Å²) in [5, 5.41) is 2.53. The summed E-state index contributed by atoms with van der Waals surface area (Å²) in [6.07, 6.45) is -0.533. The zero-order valence-electron chi connectivity index (χ0n) is 17.5. The average Bonchev–Trinajstić information content (AvgIpc) is 2.83. The third kappa shape index (κ3) is 6.43. The van der Waals surface area contributed by atoms with Crippen LogP contribution in [0.4, 0.5) is 4.79 Å². The van der Waals surface area contributed by atoms with Crippen molar-refractivity contribution < 1.29 is 28.6 Å². The summed E-state index contributed by atoms with van der Waals surface area (Å²) < 4.78 is 15.5. The highest BCUT2D eigenvalue weighted by Gasteiger charge is 2.23. The predicted molar refractivity (Wildman–Crippen MR) is 117 cm³/mol. The topological polar surface area (TPSA) is 90.9 Å². The molecule has 0 aliphatic heterocycles. The van der Waals surface area contributed by atoms with Gasteiger partial charge < -0.3 is 19.5 Å². The van der Waals surface area contributed by atoms with Crippen LogP contribution in [0.25, 0.3) is 0 Å². The number of hydrogen-bond donors (Lipinski definition) is 1. The van der Waals surface area contributed by atoms with Gasteiger partial charge in [-0.05, 0) is 23.8 Å². The van der Waals surface area contributed by atoms with Gasteiger partial charge in [-0.1, -0.05) is 66.7 Å². The number of methoxy groups -OCH3 is 1. The molecule has 0 aliphatic carbocycles. The van der Waals surface area contributed by atoms with Crippen molar-refractivity contribution in [2.24, 2.45) is 0 Å². The van der Waals surface area contributed by atoms with Gasteiger partial charge >= 0.3 is 18.0 Å². The van der Waals surface area contributed by atoms with Crippen molar-refractivity contribution in [3.63, 3.8) is 0 Å². The van der Waals surface area contributed by atoms with E-state index < -0.39 is 24.1 Å². The van der Waals surface area contributed by atoms with Crippen molar-refractivity contribution in [1.29, 1.82) is 0 Å². The van der Waals surface area contributed by atoms with Gasteiger partial charge in [0.15, 0.2) is 0 Å². The number of ether oxygens (including phenoxy) is 3. The number of hydrogen-bond acceptors (Lipinski definition) is 6. The Morgan fingerprint density at radius 2 is 1.47 bits per heavy atom. The van der Waals surface area contributed by atoms with Gasteiger partial charge in [0.1, 0.15) is 18.4 Å². The largest absolute Gasteiger partial charge is 0.467 e. The van der Waals surface area contributed by atoms with E-state index in [0.717, 1.165) is 5.56 Å². The van der Waals surface area contributed by atoms with Crippen LogP contribution in [-0.4, -0.2) is 31.2 Å². The van der Waals surface area contributed by atoms with E-state index in [-0.39, 0.29) is 18.8 Å². The molecule has 3 aromatic carbocycles. The van der Waals surface area contributed by atoms with Crippen molar-refractivity contribution in [3.8, 4) is 5.75 Å². The Hall–Kier alpha value is -4.13. The monoisotopic (exact) mass is 433 g/mol. The third-order valence-corrected chi connectivity index (χ3v) is 4.60. The minimum atomic E-state index is -0.902. The number of esters is 2. The molecule has 0 aliphatic rings. The Kier molecular flexibility index (Phi) is 7.97. The lowest BCUT2D eigenvalue weighted by molar-refractivity contribution is -0.143. The van der Waals surface area contributed by atoms with Crippen LogP contribution in [0.3, 0.4) is 0 Å². The number of carbonyl (C=O) groups excluding carboxylic acids is 3. The molecule has 7 nitrogen and oxygen atoms in total. The Balaban J connectivity index is 1.61. The van der Waals surface area contributed by atoms with Crippen LogP contribution in [0.5, 0.6) is 5.75 Å². The van der Waals surface area contributed by atoms with Gasteiger partial charge in [0.05, 0.1) is 12.7 Å². The molecule has 0 spiro atoms. The van der Waals surface area contributed by atoms with E-state index in [9.17, 15) is 14.4 Å². The van der Waals surface area contributed by atoms with Crippen LogP contribution in [-0.2, 0) is 27.3 Å². The zero-order chi connectivity index (χ0) is 22.8. The summed E-state index contributed by atoms with van der Waals surface area (Å²) >= 11 is 0. The standard InChI is InChI=1S/C25H23NO6/c1-30-24(28)21(16-18-10-4-2-5-11-18)26-25(29)31-17-20-14-8-9-15-22(20)32-23(27)19-12-6-3-7-13-19/h2-15,21H,16-17H2,1H3,(H,26,29). The molecule has 32 heavy (non-hydrogen) atoms. The maximum absolute atomic E-state index is 12.3. The first-order chi connectivity index (χ1) is 15.6. The molecule has 1 amide bonds. The number of alkyl carbamates (subject to hydrolysis) is 1. The summed E-state index contributed by atoms with van der Waals surface area (Å²) in [7, 11) is 1.25. The van der Waals surface area contributed by atoms with E-state index in [0.29, 0.717) is 11.1 Å².